The molecule has 0 radical (unpaired) electrons. The van der Waals surface area contributed by atoms with Gasteiger partial charge in [-0.3, -0.25) is 4.79 Å². The largest absolute Gasteiger partial charge is 0.294 e. The van der Waals surface area contributed by atoms with E-state index < -0.39 is 5.82 Å². The summed E-state index contributed by atoms with van der Waals surface area (Å²) in [6.45, 7) is 1.86. The molecule has 0 aliphatic rings. The van der Waals surface area contributed by atoms with Crippen molar-refractivity contribution in [1.82, 2.24) is 0 Å². The van der Waals surface area contributed by atoms with Gasteiger partial charge in [-0.2, -0.15) is 0 Å². The lowest BCUT2D eigenvalue weighted by Gasteiger charge is -2.06. The van der Waals surface area contributed by atoms with Gasteiger partial charge in [0.1, 0.15) is 5.82 Å². The van der Waals surface area contributed by atoms with Crippen LogP contribution in [0.1, 0.15) is 21.5 Å². The van der Waals surface area contributed by atoms with Crippen LogP contribution in [0.5, 0.6) is 0 Å². The van der Waals surface area contributed by atoms with E-state index in [1.807, 2.05) is 19.1 Å². The zero-order valence-electron chi connectivity index (χ0n) is 9.91. The van der Waals surface area contributed by atoms with Gasteiger partial charge in [0.2, 0.25) is 0 Å². The lowest BCUT2D eigenvalue weighted by molar-refractivity contribution is 0.0991. The lowest BCUT2D eigenvalue weighted by Crippen LogP contribution is -2.06. The number of Topliss-reactive ketones (excluding diaryl/α,β-unsaturated/α-hetero) is 1. The molecular weight excluding hydrogens is 251 g/mol. The molecule has 0 bridgehead atoms. The number of hydrogen-bond donors (Lipinski definition) is 0. The molecule has 0 heterocycles. The average Bonchev–Trinajstić information content (AvgIpc) is 2.34. The Balaban J connectivity index is 2.27. The molecular formula is C15H12ClFO. The van der Waals surface area contributed by atoms with Crippen LogP contribution in [0.25, 0.3) is 0 Å². The first-order valence-corrected chi connectivity index (χ1v) is 5.98. The van der Waals surface area contributed by atoms with E-state index in [0.717, 1.165) is 5.56 Å². The summed E-state index contributed by atoms with van der Waals surface area (Å²) in [4.78, 5) is 12.1. The van der Waals surface area contributed by atoms with Gasteiger partial charge in [0.25, 0.3) is 0 Å². The standard InChI is InChI=1S/C15H12ClFO/c1-10-4-2-3-5-13(10)15(18)9-11-8-12(16)6-7-14(11)17/h2-8H,9H2,1H3. The minimum Gasteiger partial charge on any atom is -0.294 e. The predicted molar refractivity (Wildman–Crippen MR) is 70.6 cm³/mol. The van der Waals surface area contributed by atoms with Crippen LogP contribution in [0.2, 0.25) is 5.02 Å². The second kappa shape index (κ2) is 5.32. The van der Waals surface area contributed by atoms with Gasteiger partial charge in [0.05, 0.1) is 0 Å². The van der Waals surface area contributed by atoms with E-state index in [1.54, 1.807) is 12.1 Å². The quantitative estimate of drug-likeness (QED) is 0.757. The molecule has 0 aromatic heterocycles. The van der Waals surface area contributed by atoms with Gasteiger partial charge in [-0.25, -0.2) is 4.39 Å². The number of benzene rings is 2. The topological polar surface area (TPSA) is 17.1 Å². The summed E-state index contributed by atoms with van der Waals surface area (Å²) in [5, 5.41) is 0.434. The first kappa shape index (κ1) is 12.8. The summed E-state index contributed by atoms with van der Waals surface area (Å²) >= 11 is 5.80. The number of rotatable bonds is 3. The van der Waals surface area contributed by atoms with Crippen molar-refractivity contribution in [1.29, 1.82) is 0 Å². The molecule has 92 valence electrons. The van der Waals surface area contributed by atoms with Crippen molar-refractivity contribution < 1.29 is 9.18 Å². The fourth-order valence-corrected chi connectivity index (χ4v) is 2.03. The van der Waals surface area contributed by atoms with E-state index in [1.165, 1.54) is 18.2 Å². The molecule has 0 N–H and O–H groups in total. The Morgan fingerprint density at radius 2 is 1.94 bits per heavy atom. The Morgan fingerprint density at radius 3 is 2.67 bits per heavy atom. The molecule has 2 rings (SSSR count). The van der Waals surface area contributed by atoms with E-state index in [4.69, 9.17) is 11.6 Å². The Hall–Kier alpha value is -1.67. The summed E-state index contributed by atoms with van der Waals surface area (Å²) < 4.78 is 13.5. The molecule has 2 aromatic rings. The molecule has 0 saturated heterocycles. The Kier molecular flexibility index (Phi) is 3.78. The van der Waals surface area contributed by atoms with Gasteiger partial charge in [0.15, 0.2) is 5.78 Å². The SMILES string of the molecule is Cc1ccccc1C(=O)Cc1cc(Cl)ccc1F. The van der Waals surface area contributed by atoms with Crippen LogP contribution in [0.3, 0.4) is 0 Å². The molecule has 0 amide bonds. The van der Waals surface area contributed by atoms with E-state index in [2.05, 4.69) is 0 Å². The van der Waals surface area contributed by atoms with Gasteiger partial charge >= 0.3 is 0 Å². The lowest BCUT2D eigenvalue weighted by atomic mass is 9.99. The molecule has 2 aromatic carbocycles. The molecule has 3 heteroatoms. The van der Waals surface area contributed by atoms with Gasteiger partial charge in [-0.1, -0.05) is 35.9 Å². The Labute approximate surface area is 110 Å². The van der Waals surface area contributed by atoms with Crippen molar-refractivity contribution in [2.24, 2.45) is 0 Å². The van der Waals surface area contributed by atoms with Crippen LogP contribution in [-0.4, -0.2) is 5.78 Å². The highest BCUT2D eigenvalue weighted by Gasteiger charge is 2.12. The molecule has 0 unspecified atom stereocenters. The highest BCUT2D eigenvalue weighted by molar-refractivity contribution is 6.30. The van der Waals surface area contributed by atoms with Crippen molar-refractivity contribution in [3.63, 3.8) is 0 Å². The third-order valence-corrected chi connectivity index (χ3v) is 3.04. The van der Waals surface area contributed by atoms with E-state index in [-0.39, 0.29) is 12.2 Å². The monoisotopic (exact) mass is 262 g/mol. The second-order valence-corrected chi connectivity index (χ2v) is 4.59. The molecule has 0 saturated carbocycles. The van der Waals surface area contributed by atoms with Crippen molar-refractivity contribution in [3.8, 4) is 0 Å². The number of hydrogen-bond acceptors (Lipinski definition) is 1. The number of ketones is 1. The number of carbonyl (C=O) groups excluding carboxylic acids is 1. The fraction of sp³-hybridized carbons (Fsp3) is 0.133. The van der Waals surface area contributed by atoms with Crippen LogP contribution >= 0.6 is 11.6 Å². The highest BCUT2D eigenvalue weighted by atomic mass is 35.5. The number of aryl methyl sites for hydroxylation is 1. The molecule has 1 nitrogen and oxygen atoms in total. The summed E-state index contributed by atoms with van der Waals surface area (Å²) in [6, 6.07) is 11.5. The van der Waals surface area contributed by atoms with Gasteiger partial charge in [-0.15, -0.1) is 0 Å². The summed E-state index contributed by atoms with van der Waals surface area (Å²) in [5.74, 6) is -0.504. The smallest absolute Gasteiger partial charge is 0.167 e. The molecule has 0 spiro atoms. The third kappa shape index (κ3) is 2.77. The maximum atomic E-state index is 13.5. The van der Waals surface area contributed by atoms with E-state index in [9.17, 15) is 9.18 Å². The van der Waals surface area contributed by atoms with Gasteiger partial charge < -0.3 is 0 Å². The summed E-state index contributed by atoms with van der Waals surface area (Å²) in [7, 11) is 0. The predicted octanol–water partition coefficient (Wildman–Crippen LogP) is 4.21. The zero-order chi connectivity index (χ0) is 13.1. The first-order chi connectivity index (χ1) is 8.58. The van der Waals surface area contributed by atoms with E-state index >= 15 is 0 Å². The van der Waals surface area contributed by atoms with Gasteiger partial charge in [0, 0.05) is 17.0 Å². The third-order valence-electron chi connectivity index (χ3n) is 2.80. The first-order valence-electron chi connectivity index (χ1n) is 5.60. The van der Waals surface area contributed by atoms with Crippen LogP contribution in [0.15, 0.2) is 42.5 Å². The fourth-order valence-electron chi connectivity index (χ4n) is 1.83. The maximum Gasteiger partial charge on any atom is 0.167 e. The summed E-state index contributed by atoms with van der Waals surface area (Å²) in [5.41, 5.74) is 1.84. The minimum absolute atomic E-state index is 0.0250. The van der Waals surface area contributed by atoms with Crippen LogP contribution < -0.4 is 0 Å². The molecule has 0 aliphatic heterocycles. The van der Waals surface area contributed by atoms with Crippen LogP contribution in [0.4, 0.5) is 4.39 Å². The zero-order valence-corrected chi connectivity index (χ0v) is 10.7. The highest BCUT2D eigenvalue weighted by Crippen LogP contribution is 2.18. The molecule has 0 fully saturated rings. The molecule has 18 heavy (non-hydrogen) atoms. The van der Waals surface area contributed by atoms with Crippen LogP contribution in [0, 0.1) is 12.7 Å². The van der Waals surface area contributed by atoms with Crippen LogP contribution in [-0.2, 0) is 6.42 Å². The minimum atomic E-state index is -0.402. The van der Waals surface area contributed by atoms with Gasteiger partial charge in [-0.05, 0) is 36.2 Å². The Bertz CT molecular complexity index is 593. The molecule has 0 atom stereocenters. The number of halogens is 2. The normalized spacial score (nSPS) is 10.4. The van der Waals surface area contributed by atoms with Crippen molar-refractivity contribution in [2.45, 2.75) is 13.3 Å². The molecule has 0 aliphatic carbocycles. The van der Waals surface area contributed by atoms with Crippen molar-refractivity contribution in [2.75, 3.05) is 0 Å². The van der Waals surface area contributed by atoms with Crippen molar-refractivity contribution >= 4 is 17.4 Å². The summed E-state index contributed by atoms with van der Waals surface area (Å²) in [6.07, 6.45) is 0.0250. The van der Waals surface area contributed by atoms with Crippen molar-refractivity contribution in [3.05, 3.63) is 70.0 Å². The van der Waals surface area contributed by atoms with E-state index in [0.29, 0.717) is 16.1 Å². The average molecular weight is 263 g/mol. The second-order valence-electron chi connectivity index (χ2n) is 4.15. The maximum absolute atomic E-state index is 13.5. The number of carbonyl (C=O) groups is 1. The Morgan fingerprint density at radius 1 is 1.22 bits per heavy atom.